The third-order valence-electron chi connectivity index (χ3n) is 14.0. The summed E-state index contributed by atoms with van der Waals surface area (Å²) in [6, 6.07) is 14.9. The topological polar surface area (TPSA) is 193 Å². The van der Waals surface area contributed by atoms with Crippen molar-refractivity contribution in [2.24, 2.45) is 17.8 Å². The molecule has 4 saturated heterocycles. The van der Waals surface area contributed by atoms with Crippen LogP contribution in [0.3, 0.4) is 0 Å². The minimum Gasteiger partial charge on any atom is -0.453 e. The number of carbonyl (C=O) groups is 4. The van der Waals surface area contributed by atoms with Gasteiger partial charge in [-0.25, -0.2) is 19.6 Å². The van der Waals surface area contributed by atoms with E-state index in [4.69, 9.17) is 47.4 Å². The molecule has 4 aliphatic heterocycles. The Balaban J connectivity index is 0.896. The average Bonchev–Trinajstić information content (AvgIpc) is 3.59. The number of piperidine rings is 1. The standard InChI is InChI=1S/C47H57ClN8O8Si/c1-26-37(50-42(49-26)35-23-33-22-34(33)56(35)45(58)40(53-47(60)62-3)32-16-20-64-21-17-32)29-10-6-27(7-11-29)28-8-12-30(13-9-28)38-41(48)54-43(51-38)36-24-65(4,5)25-55(36)44(57)39(52-46(59)61-2)31-14-18-63-19-15-31/h1,6-13,31-36,39-40H,14-25H2,2-5H3,(H,49,50)(H,51,54)(H,52,59)(H,53,60)/t33-,34-,35+,36+,39+,40+/m1/s1. The van der Waals surface area contributed by atoms with Gasteiger partial charge in [0.2, 0.25) is 11.8 Å². The lowest BCUT2D eigenvalue weighted by atomic mass is 9.90. The molecule has 2 aromatic heterocycles. The van der Waals surface area contributed by atoms with Gasteiger partial charge in [0.25, 0.3) is 0 Å². The zero-order chi connectivity index (χ0) is 45.6. The third kappa shape index (κ3) is 9.29. The van der Waals surface area contributed by atoms with Gasteiger partial charge in [0.15, 0.2) is 0 Å². The molecule has 6 atom stereocenters. The summed E-state index contributed by atoms with van der Waals surface area (Å²) < 4.78 is 20.9. The Kier molecular flexibility index (Phi) is 12.8. The minimum absolute atomic E-state index is 0.0572. The van der Waals surface area contributed by atoms with Crippen molar-refractivity contribution in [2.75, 3.05) is 46.8 Å². The van der Waals surface area contributed by atoms with Crippen molar-refractivity contribution in [3.63, 3.8) is 0 Å². The van der Waals surface area contributed by atoms with Gasteiger partial charge in [0.1, 0.15) is 34.6 Å². The van der Waals surface area contributed by atoms with E-state index in [1.807, 2.05) is 58.3 Å². The molecule has 0 unspecified atom stereocenters. The summed E-state index contributed by atoms with van der Waals surface area (Å²) in [5, 5.41) is 6.06. The number of halogens is 1. The second kappa shape index (κ2) is 18.6. The fourth-order valence-electron chi connectivity index (χ4n) is 10.5. The molecule has 4 amide bonds. The molecule has 4 N–H and O–H groups in total. The number of aromatic nitrogens is 4. The van der Waals surface area contributed by atoms with Crippen LogP contribution in [0.4, 0.5) is 9.59 Å². The number of methoxy groups -OCH3 is 2. The number of likely N-dealkylation sites (tertiary alicyclic amines) is 1. The Hall–Kier alpha value is -5.23. The van der Waals surface area contributed by atoms with Crippen LogP contribution in [-0.4, -0.2) is 127 Å². The third-order valence-corrected chi connectivity index (χ3v) is 17.0. The highest BCUT2D eigenvalue weighted by molar-refractivity contribution is 6.78. The van der Waals surface area contributed by atoms with Gasteiger partial charge in [-0.1, -0.05) is 73.2 Å². The van der Waals surface area contributed by atoms with Gasteiger partial charge in [-0.2, -0.15) is 0 Å². The largest absolute Gasteiger partial charge is 0.453 e. The van der Waals surface area contributed by atoms with Gasteiger partial charge >= 0.3 is 12.2 Å². The summed E-state index contributed by atoms with van der Waals surface area (Å²) >= 11 is 6.86. The van der Waals surface area contributed by atoms with E-state index in [2.05, 4.69) is 33.7 Å². The quantitative estimate of drug-likeness (QED) is 0.115. The first kappa shape index (κ1) is 44.9. The van der Waals surface area contributed by atoms with E-state index in [1.165, 1.54) is 14.2 Å². The molecule has 4 aromatic rings. The number of alkyl carbamates (subject to hydrolysis) is 2. The van der Waals surface area contributed by atoms with Crippen LogP contribution in [0.1, 0.15) is 68.0 Å². The number of amides is 4. The lowest BCUT2D eigenvalue weighted by molar-refractivity contribution is -0.138. The minimum atomic E-state index is -1.86. The first-order valence-corrected chi connectivity index (χ1v) is 26.4. The molecular formula is C47H57ClN8O8Si. The second-order valence-electron chi connectivity index (χ2n) is 18.9. The lowest BCUT2D eigenvalue weighted by Crippen LogP contribution is -2.54. The summed E-state index contributed by atoms with van der Waals surface area (Å²) in [7, 11) is 0.749. The molecule has 6 heterocycles. The Morgan fingerprint density at radius 1 is 0.738 bits per heavy atom. The molecular weight excluding hydrogens is 868 g/mol. The number of nitrogens with zero attached hydrogens (tertiary/aromatic N) is 4. The van der Waals surface area contributed by atoms with Crippen molar-refractivity contribution in [3.05, 3.63) is 78.0 Å². The maximum atomic E-state index is 14.3. The fraction of sp³-hybridized carbons (Fsp3) is 0.511. The van der Waals surface area contributed by atoms with Crippen LogP contribution in [0.5, 0.6) is 0 Å². The van der Waals surface area contributed by atoms with Gasteiger partial charge in [-0.15, -0.1) is 0 Å². The van der Waals surface area contributed by atoms with Crippen molar-refractivity contribution in [3.8, 4) is 33.6 Å². The average molecular weight is 926 g/mol. The van der Waals surface area contributed by atoms with Crippen molar-refractivity contribution in [1.82, 2.24) is 40.4 Å². The first-order valence-electron chi connectivity index (χ1n) is 22.6. The maximum absolute atomic E-state index is 14.3. The summed E-state index contributed by atoms with van der Waals surface area (Å²) in [4.78, 5) is 73.8. The maximum Gasteiger partial charge on any atom is 0.407 e. The van der Waals surface area contributed by atoms with Crippen molar-refractivity contribution in [1.29, 1.82) is 0 Å². The number of benzene rings is 2. The second-order valence-corrected chi connectivity index (χ2v) is 24.3. The number of carbonyl (C=O) groups excluding carboxylic acids is 4. The van der Waals surface area contributed by atoms with E-state index in [9.17, 15) is 19.2 Å². The number of hydrogen-bond acceptors (Lipinski definition) is 10. The molecule has 5 aliphatic rings. The Morgan fingerprint density at radius 2 is 1.23 bits per heavy atom. The van der Waals surface area contributed by atoms with Crippen molar-refractivity contribution in [2.45, 2.75) is 87.9 Å². The van der Waals surface area contributed by atoms with Crippen LogP contribution in [-0.2, 0) is 28.5 Å². The van der Waals surface area contributed by atoms with Gasteiger partial charge in [0.05, 0.1) is 40.1 Å². The predicted molar refractivity (Wildman–Crippen MR) is 244 cm³/mol. The normalized spacial score (nSPS) is 24.0. The molecule has 1 saturated carbocycles. The van der Waals surface area contributed by atoms with Crippen LogP contribution in [0.25, 0.3) is 33.6 Å². The molecule has 5 fully saturated rings. The Bertz CT molecular complexity index is 2400. The van der Waals surface area contributed by atoms with Gasteiger partial charge in [0, 0.05) is 62.4 Å². The summed E-state index contributed by atoms with van der Waals surface area (Å²) in [6.07, 6.45) is 3.75. The first-order chi connectivity index (χ1) is 31.3. The number of hydrogen-bond donors (Lipinski definition) is 4. The van der Waals surface area contributed by atoms with Gasteiger partial charge in [-0.05, 0) is 73.4 Å². The lowest BCUT2D eigenvalue weighted by Gasteiger charge is -2.35. The van der Waals surface area contributed by atoms with E-state index in [-0.39, 0.29) is 41.8 Å². The molecule has 16 nitrogen and oxygen atoms in total. The number of H-pyrrole nitrogens is 2. The van der Waals surface area contributed by atoms with Crippen LogP contribution >= 0.6 is 11.6 Å². The zero-order valence-electron chi connectivity index (χ0n) is 37.2. The fourth-order valence-corrected chi connectivity index (χ4v) is 13.6. The molecule has 65 heavy (non-hydrogen) atoms. The van der Waals surface area contributed by atoms with Crippen LogP contribution in [0.2, 0.25) is 24.3 Å². The highest BCUT2D eigenvalue weighted by Gasteiger charge is 2.57. The van der Waals surface area contributed by atoms with Crippen LogP contribution < -0.4 is 10.6 Å². The molecule has 0 spiro atoms. The molecule has 0 bridgehead atoms. The Morgan fingerprint density at radius 3 is 1.78 bits per heavy atom. The number of rotatable bonds is 11. The van der Waals surface area contributed by atoms with E-state index in [0.29, 0.717) is 98.1 Å². The zero-order valence-corrected chi connectivity index (χ0v) is 39.0. The Labute approximate surface area is 384 Å². The summed E-state index contributed by atoms with van der Waals surface area (Å²) in [5.74, 6) is 1.25. The smallest absolute Gasteiger partial charge is 0.407 e. The number of imidazole rings is 2. The predicted octanol–water partition coefficient (Wildman–Crippen LogP) is 6.94. The highest BCUT2D eigenvalue weighted by atomic mass is 35.5. The summed E-state index contributed by atoms with van der Waals surface area (Å²) in [6.45, 7) is 13.3. The molecule has 2 aromatic carbocycles. The molecule has 18 heteroatoms. The number of fused-ring (bicyclic) bond motifs is 1. The van der Waals surface area contributed by atoms with Gasteiger partial charge < -0.3 is 49.3 Å². The molecule has 2 radical (unpaired) electrons. The number of ether oxygens (including phenoxy) is 4. The van der Waals surface area contributed by atoms with Crippen molar-refractivity contribution >= 4 is 43.7 Å². The van der Waals surface area contributed by atoms with E-state index in [0.717, 1.165) is 41.1 Å². The van der Waals surface area contributed by atoms with Crippen LogP contribution in [0.15, 0.2) is 48.5 Å². The molecule has 1 aliphatic carbocycles. The monoisotopic (exact) mass is 924 g/mol. The van der Waals surface area contributed by atoms with E-state index in [1.54, 1.807) is 0 Å². The number of aromatic amines is 2. The molecule has 344 valence electrons. The van der Waals surface area contributed by atoms with Gasteiger partial charge in [-0.3, -0.25) is 9.59 Å². The van der Waals surface area contributed by atoms with E-state index < -0.39 is 32.3 Å². The number of nitrogens with one attached hydrogen (secondary N) is 4. The molecule has 9 rings (SSSR count). The van der Waals surface area contributed by atoms with Crippen molar-refractivity contribution < 1.29 is 38.1 Å². The SMILES string of the molecule is [CH]c1[nH]c([C@@H]2C[C@H]3C[C@H]3N2C(=O)[C@@H](NC(=O)OC)C2CCOCC2)nc1-c1ccc(-c2ccc(-c3nc([C@@H]4C[Si](C)(C)CN4C(=O)[C@@H](NC(=O)OC)C4CCOCC4)[nH]c3Cl)cc2)cc1. The van der Waals surface area contributed by atoms with Crippen LogP contribution in [0, 0.1) is 24.7 Å². The van der Waals surface area contributed by atoms with E-state index >= 15 is 0 Å². The highest BCUT2D eigenvalue weighted by Crippen LogP contribution is 2.54. The summed E-state index contributed by atoms with van der Waals surface area (Å²) in [5.41, 5.74) is 5.26.